The molecular formula is C13H17NO4. The fourth-order valence-corrected chi connectivity index (χ4v) is 1.47. The summed E-state index contributed by atoms with van der Waals surface area (Å²) in [5.74, 6) is -0.387. The predicted octanol–water partition coefficient (Wildman–Crippen LogP) is 1.34. The van der Waals surface area contributed by atoms with Gasteiger partial charge in [-0.05, 0) is 30.7 Å². The second-order valence-corrected chi connectivity index (χ2v) is 4.05. The van der Waals surface area contributed by atoms with Gasteiger partial charge in [0.05, 0.1) is 13.5 Å². The molecule has 0 aliphatic heterocycles. The standard InChI is InChI=1S/C13H17NO4/c1-9-8-10(4-5-11(9)15)13(17)14(2)7-6-12(16)18-3/h4-5,8,15H,6-7H2,1-3H3. The molecular weight excluding hydrogens is 234 g/mol. The van der Waals surface area contributed by atoms with Crippen LogP contribution in [0.1, 0.15) is 22.3 Å². The minimum atomic E-state index is -0.350. The molecule has 0 aromatic heterocycles. The van der Waals surface area contributed by atoms with Crippen molar-refractivity contribution in [2.45, 2.75) is 13.3 Å². The van der Waals surface area contributed by atoms with Gasteiger partial charge in [0.25, 0.3) is 5.91 Å². The van der Waals surface area contributed by atoms with Crippen molar-refractivity contribution in [2.24, 2.45) is 0 Å². The van der Waals surface area contributed by atoms with Crippen molar-refractivity contribution in [3.05, 3.63) is 29.3 Å². The minimum Gasteiger partial charge on any atom is -0.508 e. The number of carbonyl (C=O) groups excluding carboxylic acids is 2. The first-order valence-corrected chi connectivity index (χ1v) is 5.57. The lowest BCUT2D eigenvalue weighted by atomic mass is 10.1. The number of benzene rings is 1. The van der Waals surface area contributed by atoms with Crippen LogP contribution < -0.4 is 0 Å². The van der Waals surface area contributed by atoms with E-state index < -0.39 is 0 Å². The molecule has 0 radical (unpaired) electrons. The van der Waals surface area contributed by atoms with Gasteiger partial charge in [-0.15, -0.1) is 0 Å². The van der Waals surface area contributed by atoms with Gasteiger partial charge in [0.1, 0.15) is 5.75 Å². The average Bonchev–Trinajstić information content (AvgIpc) is 2.37. The van der Waals surface area contributed by atoms with Gasteiger partial charge in [0.15, 0.2) is 0 Å². The number of rotatable bonds is 4. The van der Waals surface area contributed by atoms with Gasteiger partial charge in [-0.25, -0.2) is 0 Å². The van der Waals surface area contributed by atoms with Crippen molar-refractivity contribution >= 4 is 11.9 Å². The van der Waals surface area contributed by atoms with Crippen molar-refractivity contribution < 1.29 is 19.4 Å². The Morgan fingerprint density at radius 2 is 2.06 bits per heavy atom. The van der Waals surface area contributed by atoms with Crippen molar-refractivity contribution in [2.75, 3.05) is 20.7 Å². The van der Waals surface area contributed by atoms with Gasteiger partial charge < -0.3 is 14.7 Å². The van der Waals surface area contributed by atoms with E-state index in [4.69, 9.17) is 0 Å². The fraction of sp³-hybridized carbons (Fsp3) is 0.385. The molecule has 0 fully saturated rings. The molecule has 0 aliphatic rings. The molecule has 18 heavy (non-hydrogen) atoms. The Morgan fingerprint density at radius 3 is 2.61 bits per heavy atom. The van der Waals surface area contributed by atoms with Gasteiger partial charge in [-0.3, -0.25) is 9.59 Å². The number of hydrogen-bond acceptors (Lipinski definition) is 4. The van der Waals surface area contributed by atoms with Crippen LogP contribution in [0, 0.1) is 6.92 Å². The number of carbonyl (C=O) groups is 2. The third-order valence-electron chi connectivity index (χ3n) is 2.67. The maximum atomic E-state index is 12.0. The maximum absolute atomic E-state index is 12.0. The molecule has 0 spiro atoms. The normalized spacial score (nSPS) is 9.94. The highest BCUT2D eigenvalue weighted by Crippen LogP contribution is 2.17. The fourth-order valence-electron chi connectivity index (χ4n) is 1.47. The molecule has 0 heterocycles. The van der Waals surface area contributed by atoms with Gasteiger partial charge >= 0.3 is 5.97 Å². The highest BCUT2D eigenvalue weighted by Gasteiger charge is 2.13. The number of nitrogens with zero attached hydrogens (tertiary/aromatic N) is 1. The Balaban J connectivity index is 2.68. The second kappa shape index (κ2) is 6.05. The summed E-state index contributed by atoms with van der Waals surface area (Å²) in [6.45, 7) is 2.02. The lowest BCUT2D eigenvalue weighted by Crippen LogP contribution is -2.29. The summed E-state index contributed by atoms with van der Waals surface area (Å²) in [6, 6.07) is 4.66. The van der Waals surface area contributed by atoms with Crippen LogP contribution in [0.15, 0.2) is 18.2 Å². The molecule has 1 aromatic rings. The van der Waals surface area contributed by atoms with Crippen LogP contribution in [-0.2, 0) is 9.53 Å². The summed E-state index contributed by atoms with van der Waals surface area (Å²) < 4.78 is 4.51. The van der Waals surface area contributed by atoms with Gasteiger partial charge in [-0.2, -0.15) is 0 Å². The number of amides is 1. The van der Waals surface area contributed by atoms with Crippen LogP contribution in [0.4, 0.5) is 0 Å². The Hall–Kier alpha value is -2.04. The number of phenols is 1. The molecule has 0 aliphatic carbocycles. The first-order chi connectivity index (χ1) is 8.45. The molecule has 0 bridgehead atoms. The van der Waals surface area contributed by atoms with Crippen molar-refractivity contribution in [3.8, 4) is 5.75 Å². The summed E-state index contributed by atoms with van der Waals surface area (Å²) in [5, 5.41) is 9.39. The minimum absolute atomic E-state index is 0.156. The largest absolute Gasteiger partial charge is 0.508 e. The summed E-state index contributed by atoms with van der Waals surface area (Å²) in [5.41, 5.74) is 1.12. The van der Waals surface area contributed by atoms with Gasteiger partial charge in [0, 0.05) is 19.2 Å². The monoisotopic (exact) mass is 251 g/mol. The lowest BCUT2D eigenvalue weighted by Gasteiger charge is -2.16. The van der Waals surface area contributed by atoms with Crippen molar-refractivity contribution in [3.63, 3.8) is 0 Å². The van der Waals surface area contributed by atoms with E-state index in [2.05, 4.69) is 4.74 Å². The van der Waals surface area contributed by atoms with Crippen LogP contribution in [0.3, 0.4) is 0 Å². The molecule has 5 nitrogen and oxygen atoms in total. The van der Waals surface area contributed by atoms with E-state index in [-0.39, 0.29) is 24.0 Å². The van der Waals surface area contributed by atoms with Crippen LogP contribution >= 0.6 is 0 Å². The van der Waals surface area contributed by atoms with E-state index in [0.29, 0.717) is 17.7 Å². The lowest BCUT2D eigenvalue weighted by molar-refractivity contribution is -0.140. The highest BCUT2D eigenvalue weighted by atomic mass is 16.5. The Bertz CT molecular complexity index is 456. The van der Waals surface area contributed by atoms with Crippen LogP contribution in [0.5, 0.6) is 5.75 Å². The third kappa shape index (κ3) is 3.48. The number of ether oxygens (including phenoxy) is 1. The summed E-state index contributed by atoms with van der Waals surface area (Å²) in [4.78, 5) is 24.4. The van der Waals surface area contributed by atoms with Gasteiger partial charge in [-0.1, -0.05) is 0 Å². The maximum Gasteiger partial charge on any atom is 0.307 e. The first kappa shape index (κ1) is 14.0. The number of hydrogen-bond donors (Lipinski definition) is 1. The number of aromatic hydroxyl groups is 1. The molecule has 1 amide bonds. The average molecular weight is 251 g/mol. The quantitative estimate of drug-likeness (QED) is 0.820. The Morgan fingerprint density at radius 1 is 1.39 bits per heavy atom. The summed E-state index contributed by atoms with van der Waals surface area (Å²) >= 11 is 0. The van der Waals surface area contributed by atoms with E-state index in [0.717, 1.165) is 0 Å². The molecule has 1 aromatic carbocycles. The van der Waals surface area contributed by atoms with Crippen LogP contribution in [0.2, 0.25) is 0 Å². The van der Waals surface area contributed by atoms with Crippen LogP contribution in [0.25, 0.3) is 0 Å². The van der Waals surface area contributed by atoms with E-state index in [1.54, 1.807) is 26.1 Å². The summed E-state index contributed by atoms with van der Waals surface area (Å²) in [6.07, 6.45) is 0.163. The zero-order valence-corrected chi connectivity index (χ0v) is 10.8. The smallest absolute Gasteiger partial charge is 0.307 e. The molecule has 0 saturated heterocycles. The molecule has 0 atom stereocenters. The molecule has 0 unspecified atom stereocenters. The van der Waals surface area contributed by atoms with E-state index in [1.165, 1.54) is 18.1 Å². The topological polar surface area (TPSA) is 66.8 Å². The number of aryl methyl sites for hydroxylation is 1. The zero-order valence-electron chi connectivity index (χ0n) is 10.8. The predicted molar refractivity (Wildman–Crippen MR) is 66.4 cm³/mol. The van der Waals surface area contributed by atoms with Gasteiger partial charge in [0.2, 0.25) is 0 Å². The first-order valence-electron chi connectivity index (χ1n) is 5.57. The number of phenolic OH excluding ortho intramolecular Hbond substituents is 1. The Labute approximate surface area is 106 Å². The number of methoxy groups -OCH3 is 1. The second-order valence-electron chi connectivity index (χ2n) is 4.05. The van der Waals surface area contributed by atoms with Crippen molar-refractivity contribution in [1.29, 1.82) is 0 Å². The number of esters is 1. The Kier molecular flexibility index (Phi) is 4.71. The van der Waals surface area contributed by atoms with E-state index >= 15 is 0 Å². The van der Waals surface area contributed by atoms with Crippen molar-refractivity contribution in [1.82, 2.24) is 4.90 Å². The van der Waals surface area contributed by atoms with E-state index in [9.17, 15) is 14.7 Å². The third-order valence-corrected chi connectivity index (χ3v) is 2.67. The SMILES string of the molecule is COC(=O)CCN(C)C(=O)c1ccc(O)c(C)c1. The van der Waals surface area contributed by atoms with E-state index in [1.807, 2.05) is 0 Å². The van der Waals surface area contributed by atoms with Crippen LogP contribution in [-0.4, -0.2) is 42.6 Å². The molecule has 98 valence electrons. The summed E-state index contributed by atoms with van der Waals surface area (Å²) in [7, 11) is 2.93. The molecule has 1 rings (SSSR count). The molecule has 1 N–H and O–H groups in total. The molecule has 0 saturated carbocycles. The zero-order chi connectivity index (χ0) is 13.7. The molecule has 5 heteroatoms. The highest BCUT2D eigenvalue weighted by molar-refractivity contribution is 5.94.